The van der Waals surface area contributed by atoms with E-state index in [1.807, 2.05) is 19.9 Å². The molecule has 0 saturated carbocycles. The highest BCUT2D eigenvalue weighted by Crippen LogP contribution is 2.22. The van der Waals surface area contributed by atoms with Crippen molar-refractivity contribution in [2.24, 2.45) is 0 Å². The minimum atomic E-state index is -0.203. The number of aryl methyl sites for hydroxylation is 2. The molecule has 3 aromatic rings. The molecule has 3 rings (SSSR count). The average Bonchev–Trinajstić information content (AvgIpc) is 3.09. The molecule has 0 fully saturated rings. The molecule has 0 aliphatic rings. The van der Waals surface area contributed by atoms with E-state index in [0.717, 1.165) is 10.7 Å². The van der Waals surface area contributed by atoms with Gasteiger partial charge in [-0.05, 0) is 26.0 Å². The van der Waals surface area contributed by atoms with Crippen LogP contribution in [0.25, 0.3) is 11.5 Å². The maximum Gasteiger partial charge on any atom is 0.268 e. The van der Waals surface area contributed by atoms with Crippen LogP contribution in [0.3, 0.4) is 0 Å². The first kappa shape index (κ1) is 12.6. The normalized spacial score (nSPS) is 10.7. The van der Waals surface area contributed by atoms with Crippen molar-refractivity contribution in [2.75, 3.05) is 5.32 Å². The smallest absolute Gasteiger partial charge is 0.268 e. The summed E-state index contributed by atoms with van der Waals surface area (Å²) in [6.45, 7) is 3.69. The third kappa shape index (κ3) is 2.35. The van der Waals surface area contributed by atoms with E-state index in [4.69, 9.17) is 4.42 Å². The number of thiazole rings is 1. The van der Waals surface area contributed by atoms with Crippen molar-refractivity contribution < 1.29 is 9.21 Å². The van der Waals surface area contributed by atoms with Gasteiger partial charge in [-0.1, -0.05) is 0 Å². The molecule has 3 aromatic heterocycles. The Hall–Kier alpha value is -2.41. The molecule has 2 N–H and O–H groups in total. The molecule has 0 saturated heterocycles. The first-order chi connectivity index (χ1) is 9.63. The van der Waals surface area contributed by atoms with Crippen molar-refractivity contribution in [1.29, 1.82) is 0 Å². The molecule has 0 bridgehead atoms. The average molecular weight is 288 g/mol. The molecular weight excluding hydrogens is 276 g/mol. The second kappa shape index (κ2) is 4.93. The maximum absolute atomic E-state index is 12.1. The van der Waals surface area contributed by atoms with Gasteiger partial charge in [0.2, 0.25) is 0 Å². The SMILES string of the molecule is Cc1nc(C)c(C(=O)Nc2cc(-c3ccco3)[nH]n2)s1. The van der Waals surface area contributed by atoms with Crippen LogP contribution in [0.4, 0.5) is 5.82 Å². The highest BCUT2D eigenvalue weighted by molar-refractivity contribution is 7.13. The summed E-state index contributed by atoms with van der Waals surface area (Å²) in [5, 5.41) is 10.5. The number of rotatable bonds is 3. The molecule has 1 amide bonds. The Morgan fingerprint density at radius 2 is 2.30 bits per heavy atom. The monoisotopic (exact) mass is 288 g/mol. The van der Waals surface area contributed by atoms with Crippen LogP contribution in [0.1, 0.15) is 20.4 Å². The Kier molecular flexibility index (Phi) is 3.11. The number of H-pyrrole nitrogens is 1. The van der Waals surface area contributed by atoms with Crippen LogP contribution >= 0.6 is 11.3 Å². The lowest BCUT2D eigenvalue weighted by molar-refractivity contribution is 0.102. The number of amides is 1. The Morgan fingerprint density at radius 1 is 1.45 bits per heavy atom. The molecule has 102 valence electrons. The first-order valence-electron chi connectivity index (χ1n) is 5.98. The van der Waals surface area contributed by atoms with Gasteiger partial charge in [0.15, 0.2) is 11.6 Å². The van der Waals surface area contributed by atoms with Crippen LogP contribution < -0.4 is 5.32 Å². The number of hydrogen-bond acceptors (Lipinski definition) is 5. The van der Waals surface area contributed by atoms with E-state index < -0.39 is 0 Å². The van der Waals surface area contributed by atoms with Gasteiger partial charge in [0, 0.05) is 6.07 Å². The van der Waals surface area contributed by atoms with Gasteiger partial charge in [-0.2, -0.15) is 5.10 Å². The number of furan rings is 1. The summed E-state index contributed by atoms with van der Waals surface area (Å²) in [6.07, 6.45) is 1.58. The highest BCUT2D eigenvalue weighted by Gasteiger charge is 2.15. The van der Waals surface area contributed by atoms with Crippen LogP contribution in [0.2, 0.25) is 0 Å². The zero-order chi connectivity index (χ0) is 14.1. The fourth-order valence-corrected chi connectivity index (χ4v) is 2.67. The van der Waals surface area contributed by atoms with Crippen molar-refractivity contribution in [3.8, 4) is 11.5 Å². The Labute approximate surface area is 118 Å². The predicted octanol–water partition coefficient (Wildman–Crippen LogP) is 3.00. The summed E-state index contributed by atoms with van der Waals surface area (Å²) in [6, 6.07) is 5.33. The summed E-state index contributed by atoms with van der Waals surface area (Å²) in [4.78, 5) is 17.0. The van der Waals surface area contributed by atoms with Gasteiger partial charge in [0.25, 0.3) is 5.91 Å². The number of aromatic nitrogens is 3. The summed E-state index contributed by atoms with van der Waals surface area (Å²) in [7, 11) is 0. The lowest BCUT2D eigenvalue weighted by Crippen LogP contribution is -2.11. The van der Waals surface area contributed by atoms with E-state index in [1.165, 1.54) is 11.3 Å². The van der Waals surface area contributed by atoms with Crippen LogP contribution in [0.5, 0.6) is 0 Å². The summed E-state index contributed by atoms with van der Waals surface area (Å²) in [5.74, 6) is 0.917. The fraction of sp³-hybridized carbons (Fsp3) is 0.154. The van der Waals surface area contributed by atoms with Gasteiger partial charge in [-0.3, -0.25) is 9.89 Å². The molecule has 6 nitrogen and oxygen atoms in total. The third-order valence-corrected chi connectivity index (χ3v) is 3.79. The lowest BCUT2D eigenvalue weighted by atomic mass is 10.3. The van der Waals surface area contributed by atoms with Crippen LogP contribution in [0, 0.1) is 13.8 Å². The van der Waals surface area contributed by atoms with Gasteiger partial charge >= 0.3 is 0 Å². The lowest BCUT2D eigenvalue weighted by Gasteiger charge is -1.98. The van der Waals surface area contributed by atoms with E-state index in [2.05, 4.69) is 20.5 Å². The fourth-order valence-electron chi connectivity index (χ4n) is 1.86. The molecule has 20 heavy (non-hydrogen) atoms. The van der Waals surface area contributed by atoms with Crippen LogP contribution in [-0.2, 0) is 0 Å². The van der Waals surface area contributed by atoms with E-state index in [0.29, 0.717) is 22.1 Å². The molecule has 0 unspecified atom stereocenters. The molecule has 0 aliphatic carbocycles. The molecule has 0 aromatic carbocycles. The number of nitrogens with zero attached hydrogens (tertiary/aromatic N) is 2. The quantitative estimate of drug-likeness (QED) is 0.776. The van der Waals surface area contributed by atoms with Crippen molar-refractivity contribution in [3.63, 3.8) is 0 Å². The Balaban J connectivity index is 1.78. The van der Waals surface area contributed by atoms with E-state index in [9.17, 15) is 4.79 Å². The predicted molar refractivity (Wildman–Crippen MR) is 75.8 cm³/mol. The molecule has 7 heteroatoms. The highest BCUT2D eigenvalue weighted by atomic mass is 32.1. The van der Waals surface area contributed by atoms with Gasteiger partial charge < -0.3 is 9.73 Å². The molecule has 3 heterocycles. The molecule has 0 atom stereocenters. The summed E-state index contributed by atoms with van der Waals surface area (Å²) in [5.41, 5.74) is 1.44. The number of carbonyl (C=O) groups excluding carboxylic acids is 1. The number of aromatic amines is 1. The zero-order valence-electron chi connectivity index (χ0n) is 10.9. The van der Waals surface area contributed by atoms with Crippen LogP contribution in [-0.4, -0.2) is 21.1 Å². The minimum Gasteiger partial charge on any atom is -0.463 e. The van der Waals surface area contributed by atoms with Crippen molar-refractivity contribution in [3.05, 3.63) is 40.0 Å². The second-order valence-electron chi connectivity index (χ2n) is 4.25. The standard InChI is InChI=1S/C13H12N4O2S/c1-7-12(20-8(2)14-7)13(18)15-11-6-9(16-17-11)10-4-3-5-19-10/h3-6H,1-2H3,(H2,15,16,17,18). The first-order valence-corrected chi connectivity index (χ1v) is 6.80. The van der Waals surface area contributed by atoms with Crippen molar-refractivity contribution >= 4 is 23.1 Å². The number of hydrogen-bond donors (Lipinski definition) is 2. The number of nitrogens with one attached hydrogen (secondary N) is 2. The largest absolute Gasteiger partial charge is 0.463 e. The topological polar surface area (TPSA) is 83.8 Å². The van der Waals surface area contributed by atoms with Crippen molar-refractivity contribution in [1.82, 2.24) is 15.2 Å². The zero-order valence-corrected chi connectivity index (χ0v) is 11.7. The van der Waals surface area contributed by atoms with Crippen LogP contribution in [0.15, 0.2) is 28.9 Å². The molecule has 0 spiro atoms. The van der Waals surface area contributed by atoms with Crippen molar-refractivity contribution in [2.45, 2.75) is 13.8 Å². The van der Waals surface area contributed by atoms with Gasteiger partial charge in [0.1, 0.15) is 10.6 Å². The van der Waals surface area contributed by atoms with Gasteiger partial charge in [-0.25, -0.2) is 4.98 Å². The Morgan fingerprint density at radius 3 is 2.95 bits per heavy atom. The Bertz CT molecular complexity index is 742. The number of anilines is 1. The summed E-state index contributed by atoms with van der Waals surface area (Å²) < 4.78 is 5.25. The molecular formula is C13H12N4O2S. The molecule has 0 aliphatic heterocycles. The number of carbonyl (C=O) groups is 1. The minimum absolute atomic E-state index is 0.203. The van der Waals surface area contributed by atoms with E-state index >= 15 is 0 Å². The summed E-state index contributed by atoms with van der Waals surface area (Å²) >= 11 is 1.37. The second-order valence-corrected chi connectivity index (χ2v) is 5.45. The maximum atomic E-state index is 12.1. The van der Waals surface area contributed by atoms with Gasteiger partial charge in [0.05, 0.1) is 17.0 Å². The third-order valence-electron chi connectivity index (χ3n) is 2.72. The van der Waals surface area contributed by atoms with E-state index in [-0.39, 0.29) is 5.91 Å². The molecule has 0 radical (unpaired) electrons. The van der Waals surface area contributed by atoms with Gasteiger partial charge in [-0.15, -0.1) is 11.3 Å². The van der Waals surface area contributed by atoms with E-state index in [1.54, 1.807) is 18.4 Å².